The second-order valence-electron chi connectivity index (χ2n) is 9.78. The number of carbonyl (C=O) groups is 2. The van der Waals surface area contributed by atoms with E-state index in [1.54, 1.807) is 0 Å². The van der Waals surface area contributed by atoms with Gasteiger partial charge in [-0.15, -0.1) is 0 Å². The number of amides is 2. The molecule has 1 saturated heterocycles. The zero-order valence-electron chi connectivity index (χ0n) is 20.5. The number of carbonyl (C=O) groups excluding carboxylic acids is 2. The second kappa shape index (κ2) is 10.0. The van der Waals surface area contributed by atoms with Crippen molar-refractivity contribution in [1.29, 1.82) is 0 Å². The van der Waals surface area contributed by atoms with Crippen LogP contribution < -0.4 is 5.32 Å². The lowest BCUT2D eigenvalue weighted by atomic mass is 10.0. The molecule has 1 aromatic heterocycles. The van der Waals surface area contributed by atoms with E-state index in [0.717, 1.165) is 29.7 Å². The van der Waals surface area contributed by atoms with Crippen LogP contribution in [0.1, 0.15) is 39.9 Å². The van der Waals surface area contributed by atoms with E-state index >= 15 is 0 Å². The van der Waals surface area contributed by atoms with Gasteiger partial charge in [0.25, 0.3) is 5.91 Å². The molecule has 35 heavy (non-hydrogen) atoms. The van der Waals surface area contributed by atoms with Crippen LogP contribution in [-0.2, 0) is 11.3 Å². The fourth-order valence-electron chi connectivity index (χ4n) is 4.51. The van der Waals surface area contributed by atoms with Crippen molar-refractivity contribution in [3.05, 3.63) is 77.0 Å². The smallest absolute Gasteiger partial charge is 0.257 e. The van der Waals surface area contributed by atoms with E-state index in [0.29, 0.717) is 50.9 Å². The quantitative estimate of drug-likeness (QED) is 0.574. The topological polar surface area (TPSA) is 70.5 Å². The van der Waals surface area contributed by atoms with Crippen molar-refractivity contribution in [1.82, 2.24) is 24.9 Å². The van der Waals surface area contributed by atoms with Crippen LogP contribution in [-0.4, -0.2) is 70.2 Å². The molecule has 2 fully saturated rings. The highest BCUT2D eigenvalue weighted by molar-refractivity contribution is 6.00. The van der Waals surface area contributed by atoms with E-state index in [1.807, 2.05) is 40.0 Å². The Morgan fingerprint density at radius 3 is 2.40 bits per heavy atom. The van der Waals surface area contributed by atoms with Crippen LogP contribution in [0.3, 0.4) is 0 Å². The average molecular weight is 472 g/mol. The van der Waals surface area contributed by atoms with Crippen molar-refractivity contribution >= 4 is 11.8 Å². The van der Waals surface area contributed by atoms with Crippen LogP contribution >= 0.6 is 0 Å². The Bertz CT molecular complexity index is 1210. The maximum atomic E-state index is 13.7. The Morgan fingerprint density at radius 1 is 0.971 bits per heavy atom. The molecule has 182 valence electrons. The summed E-state index contributed by atoms with van der Waals surface area (Å²) >= 11 is 0. The van der Waals surface area contributed by atoms with E-state index in [4.69, 9.17) is 5.10 Å². The lowest BCUT2D eigenvalue weighted by molar-refractivity contribution is -0.122. The minimum Gasteiger partial charge on any atom is -0.352 e. The van der Waals surface area contributed by atoms with Crippen molar-refractivity contribution in [2.24, 2.45) is 0 Å². The van der Waals surface area contributed by atoms with E-state index in [2.05, 4.69) is 48.3 Å². The zero-order chi connectivity index (χ0) is 24.4. The SMILES string of the molecule is Cc1ccc(-c2nn(Cc3ccccc3)cc2C(=O)N2CCN(CC(=O)NC3CC3)CC2)cc1C. The Balaban J connectivity index is 1.33. The first kappa shape index (κ1) is 23.3. The summed E-state index contributed by atoms with van der Waals surface area (Å²) in [5, 5.41) is 7.90. The molecule has 0 unspecified atom stereocenters. The summed E-state index contributed by atoms with van der Waals surface area (Å²) in [5.41, 5.74) is 5.84. The molecule has 1 aliphatic heterocycles. The summed E-state index contributed by atoms with van der Waals surface area (Å²) in [7, 11) is 0. The number of aromatic nitrogens is 2. The van der Waals surface area contributed by atoms with Crippen molar-refractivity contribution in [2.45, 2.75) is 39.3 Å². The lowest BCUT2D eigenvalue weighted by Gasteiger charge is -2.34. The van der Waals surface area contributed by atoms with Crippen LogP contribution in [0.4, 0.5) is 0 Å². The number of piperazine rings is 1. The number of hydrogen-bond donors (Lipinski definition) is 1. The van der Waals surface area contributed by atoms with Gasteiger partial charge in [0.05, 0.1) is 18.7 Å². The molecule has 3 aromatic rings. The van der Waals surface area contributed by atoms with Crippen molar-refractivity contribution in [3.63, 3.8) is 0 Å². The normalized spacial score (nSPS) is 16.3. The van der Waals surface area contributed by atoms with Gasteiger partial charge in [0.15, 0.2) is 0 Å². The molecule has 0 radical (unpaired) electrons. The van der Waals surface area contributed by atoms with E-state index in [1.165, 1.54) is 11.1 Å². The van der Waals surface area contributed by atoms with E-state index in [9.17, 15) is 9.59 Å². The summed E-state index contributed by atoms with van der Waals surface area (Å²) < 4.78 is 1.87. The molecule has 2 heterocycles. The molecule has 0 bridgehead atoms. The van der Waals surface area contributed by atoms with E-state index in [-0.39, 0.29) is 11.8 Å². The maximum Gasteiger partial charge on any atom is 0.257 e. The van der Waals surface area contributed by atoms with Crippen LogP contribution in [0.15, 0.2) is 54.7 Å². The van der Waals surface area contributed by atoms with Crippen molar-refractivity contribution < 1.29 is 9.59 Å². The molecule has 1 aliphatic carbocycles. The van der Waals surface area contributed by atoms with E-state index < -0.39 is 0 Å². The van der Waals surface area contributed by atoms with Gasteiger partial charge in [0.1, 0.15) is 5.69 Å². The molecule has 0 spiro atoms. The maximum absolute atomic E-state index is 13.7. The van der Waals surface area contributed by atoms with Gasteiger partial charge < -0.3 is 10.2 Å². The first-order chi connectivity index (χ1) is 17.0. The fourth-order valence-corrected chi connectivity index (χ4v) is 4.51. The standard InChI is InChI=1S/C28H33N5O2/c1-20-8-9-23(16-21(20)2)27-25(18-33(30-27)17-22-6-4-3-5-7-22)28(35)32-14-12-31(13-15-32)19-26(34)29-24-10-11-24/h3-9,16,18,24H,10-15,17,19H2,1-2H3,(H,29,34). The molecule has 7 heteroatoms. The number of hydrogen-bond acceptors (Lipinski definition) is 4. The molecule has 2 aromatic carbocycles. The minimum absolute atomic E-state index is 0.000350. The van der Waals surface area contributed by atoms with Gasteiger partial charge in [0, 0.05) is 44.0 Å². The van der Waals surface area contributed by atoms with Crippen molar-refractivity contribution in [2.75, 3.05) is 32.7 Å². The summed E-state index contributed by atoms with van der Waals surface area (Å²) in [6.45, 7) is 7.78. The second-order valence-corrected chi connectivity index (χ2v) is 9.78. The van der Waals surface area contributed by atoms with Gasteiger partial charge in [-0.3, -0.25) is 19.2 Å². The van der Waals surface area contributed by atoms with Crippen LogP contribution in [0.25, 0.3) is 11.3 Å². The third kappa shape index (κ3) is 5.62. The molecule has 7 nitrogen and oxygen atoms in total. The van der Waals surface area contributed by atoms with Gasteiger partial charge in [-0.25, -0.2) is 0 Å². The van der Waals surface area contributed by atoms with Crippen LogP contribution in [0, 0.1) is 13.8 Å². The van der Waals surface area contributed by atoms with Crippen LogP contribution in [0.5, 0.6) is 0 Å². The monoisotopic (exact) mass is 471 g/mol. The number of rotatable bonds is 7. The van der Waals surface area contributed by atoms with Gasteiger partial charge in [-0.2, -0.15) is 5.10 Å². The minimum atomic E-state index is -0.000350. The molecular formula is C28H33N5O2. The highest BCUT2D eigenvalue weighted by atomic mass is 16.2. The third-order valence-corrected chi connectivity index (χ3v) is 6.93. The lowest BCUT2D eigenvalue weighted by Crippen LogP contribution is -2.51. The Labute approximate surface area is 206 Å². The van der Waals surface area contributed by atoms with Gasteiger partial charge in [-0.1, -0.05) is 42.5 Å². The molecule has 5 rings (SSSR count). The summed E-state index contributed by atoms with van der Waals surface area (Å²) in [6.07, 6.45) is 4.07. The number of aryl methyl sites for hydroxylation is 2. The molecule has 1 N–H and O–H groups in total. The van der Waals surface area contributed by atoms with Gasteiger partial charge in [-0.05, 0) is 49.4 Å². The predicted molar refractivity (Wildman–Crippen MR) is 136 cm³/mol. The summed E-state index contributed by atoms with van der Waals surface area (Å²) in [5.74, 6) is 0.0890. The van der Waals surface area contributed by atoms with Crippen molar-refractivity contribution in [3.8, 4) is 11.3 Å². The third-order valence-electron chi connectivity index (χ3n) is 6.93. The number of nitrogens with one attached hydrogen (secondary N) is 1. The Hall–Kier alpha value is -3.45. The first-order valence-corrected chi connectivity index (χ1v) is 12.5. The van der Waals surface area contributed by atoms with Gasteiger partial charge >= 0.3 is 0 Å². The number of nitrogens with zero attached hydrogens (tertiary/aromatic N) is 4. The largest absolute Gasteiger partial charge is 0.352 e. The Morgan fingerprint density at radius 2 is 1.71 bits per heavy atom. The highest BCUT2D eigenvalue weighted by Crippen LogP contribution is 2.26. The zero-order valence-corrected chi connectivity index (χ0v) is 20.5. The van der Waals surface area contributed by atoms with Gasteiger partial charge in [0.2, 0.25) is 5.91 Å². The summed E-state index contributed by atoms with van der Waals surface area (Å²) in [6, 6.07) is 16.8. The number of benzene rings is 2. The molecule has 2 aliphatic rings. The molecular weight excluding hydrogens is 438 g/mol. The molecule has 0 atom stereocenters. The Kier molecular flexibility index (Phi) is 6.68. The first-order valence-electron chi connectivity index (χ1n) is 12.5. The molecule has 1 saturated carbocycles. The predicted octanol–water partition coefficient (Wildman–Crippen LogP) is 3.25. The molecule has 2 amide bonds. The fraction of sp³-hybridized carbons (Fsp3) is 0.393. The average Bonchev–Trinajstić information content (AvgIpc) is 3.57. The highest BCUT2D eigenvalue weighted by Gasteiger charge is 2.28. The summed E-state index contributed by atoms with van der Waals surface area (Å²) in [4.78, 5) is 29.9. The van der Waals surface area contributed by atoms with Crippen LogP contribution in [0.2, 0.25) is 0 Å².